The number of nitrogens with zero attached hydrogens (tertiary/aromatic N) is 1. The summed E-state index contributed by atoms with van der Waals surface area (Å²) in [6, 6.07) is 14.1. The van der Waals surface area contributed by atoms with Gasteiger partial charge in [0.05, 0.1) is 18.6 Å². The molecule has 2 aromatic carbocycles. The topological polar surface area (TPSA) is 107 Å². The summed E-state index contributed by atoms with van der Waals surface area (Å²) in [6.07, 6.45) is 5.64. The van der Waals surface area contributed by atoms with Gasteiger partial charge < -0.3 is 20.7 Å². The lowest BCUT2D eigenvalue weighted by Crippen LogP contribution is -2.41. The predicted molar refractivity (Wildman–Crippen MR) is 127 cm³/mol. The Balaban J connectivity index is 0.00000341. The summed E-state index contributed by atoms with van der Waals surface area (Å²) in [5, 5.41) is 15.4. The van der Waals surface area contributed by atoms with Crippen LogP contribution in [0.5, 0.6) is 0 Å². The number of imidazole rings is 1. The van der Waals surface area contributed by atoms with Gasteiger partial charge in [-0.1, -0.05) is 30.3 Å². The van der Waals surface area contributed by atoms with Crippen LogP contribution in [0.4, 0.5) is 5.69 Å². The van der Waals surface area contributed by atoms with Gasteiger partial charge in [0.1, 0.15) is 6.04 Å². The van der Waals surface area contributed by atoms with E-state index in [0.29, 0.717) is 24.3 Å². The van der Waals surface area contributed by atoms with Gasteiger partial charge in [0, 0.05) is 17.4 Å². The molecule has 0 bridgehead atoms. The van der Waals surface area contributed by atoms with E-state index in [4.69, 9.17) is 0 Å². The van der Waals surface area contributed by atoms with Crippen LogP contribution in [0, 0.1) is 0 Å². The van der Waals surface area contributed by atoms with E-state index in [1.54, 1.807) is 30.4 Å². The van der Waals surface area contributed by atoms with E-state index < -0.39 is 17.9 Å². The minimum atomic E-state index is -1.03. The van der Waals surface area contributed by atoms with Crippen LogP contribution in [0.25, 0.3) is 11.1 Å². The number of aromatic nitrogens is 2. The molecule has 0 unspecified atom stereocenters. The highest BCUT2D eigenvalue weighted by atomic mass is 35.5. The number of nitrogens with one attached hydrogen (secondary N) is 3. The van der Waals surface area contributed by atoms with Gasteiger partial charge >= 0.3 is 5.97 Å². The van der Waals surface area contributed by atoms with Gasteiger partial charge in [-0.25, -0.2) is 9.78 Å². The standard InChI is InChI=1S/C22H24N4O3S.ClH/c1-30-10-9-20(22(28)29)26-21(27)18-8-7-16(24-13-17-12-23-14-25-17)11-19(18)15-5-3-2-4-6-15;/h2-8,11-12,14,20,24H,9-10,13H2,1H3,(H,23,25)(H,26,27)(H,28,29);1H/t20-;/m0./s1. The monoisotopic (exact) mass is 460 g/mol. The molecule has 3 aromatic rings. The number of carboxylic acids is 1. The lowest BCUT2D eigenvalue weighted by molar-refractivity contribution is -0.139. The smallest absolute Gasteiger partial charge is 0.326 e. The third-order valence-corrected chi connectivity index (χ3v) is 5.24. The third kappa shape index (κ3) is 6.77. The summed E-state index contributed by atoms with van der Waals surface area (Å²) in [5.41, 5.74) is 3.83. The molecule has 9 heteroatoms. The number of amides is 1. The van der Waals surface area contributed by atoms with Crippen molar-refractivity contribution in [1.82, 2.24) is 15.3 Å². The number of carbonyl (C=O) groups is 2. The number of anilines is 1. The van der Waals surface area contributed by atoms with Gasteiger partial charge in [-0.3, -0.25) is 4.79 Å². The van der Waals surface area contributed by atoms with Crippen LogP contribution in [-0.2, 0) is 11.3 Å². The van der Waals surface area contributed by atoms with Gasteiger partial charge in [-0.2, -0.15) is 11.8 Å². The summed E-state index contributed by atoms with van der Waals surface area (Å²) in [4.78, 5) is 31.5. The van der Waals surface area contributed by atoms with Gasteiger partial charge in [-0.15, -0.1) is 12.4 Å². The number of thioether (sulfide) groups is 1. The summed E-state index contributed by atoms with van der Waals surface area (Å²) in [6.45, 7) is 0.565. The highest BCUT2D eigenvalue weighted by molar-refractivity contribution is 7.98. The third-order valence-electron chi connectivity index (χ3n) is 4.60. The summed E-state index contributed by atoms with van der Waals surface area (Å²) in [5.74, 6) is -0.779. The molecule has 3 rings (SSSR count). The van der Waals surface area contributed by atoms with Crippen LogP contribution in [0.15, 0.2) is 61.1 Å². The summed E-state index contributed by atoms with van der Waals surface area (Å²) in [7, 11) is 0. The second kappa shape index (κ2) is 12.0. The average Bonchev–Trinajstić information content (AvgIpc) is 3.29. The SMILES string of the molecule is CSCC[C@H](NC(=O)c1ccc(NCc2cnc[nH]2)cc1-c1ccccc1)C(=O)O.Cl. The Morgan fingerprint density at radius 3 is 2.61 bits per heavy atom. The average molecular weight is 461 g/mol. The molecule has 1 amide bonds. The fourth-order valence-electron chi connectivity index (χ4n) is 3.02. The molecule has 0 spiro atoms. The zero-order valence-corrected chi connectivity index (χ0v) is 18.6. The van der Waals surface area contributed by atoms with E-state index in [9.17, 15) is 14.7 Å². The number of aromatic amines is 1. The molecule has 0 aliphatic heterocycles. The number of hydrogen-bond donors (Lipinski definition) is 4. The highest BCUT2D eigenvalue weighted by Crippen LogP contribution is 2.27. The number of H-pyrrole nitrogens is 1. The number of rotatable bonds is 10. The zero-order valence-electron chi connectivity index (χ0n) is 17.0. The van der Waals surface area contributed by atoms with E-state index in [0.717, 1.165) is 22.5 Å². The van der Waals surface area contributed by atoms with Crippen molar-refractivity contribution in [3.05, 3.63) is 72.3 Å². The van der Waals surface area contributed by atoms with E-state index in [1.165, 1.54) is 0 Å². The first-order valence-corrected chi connectivity index (χ1v) is 10.9. The molecule has 164 valence electrons. The van der Waals surface area contributed by atoms with Crippen molar-refractivity contribution in [2.24, 2.45) is 0 Å². The number of aliphatic carboxylic acids is 1. The quantitative estimate of drug-likeness (QED) is 0.363. The molecule has 7 nitrogen and oxygen atoms in total. The number of benzene rings is 2. The molecule has 0 aliphatic rings. The molecule has 1 aromatic heterocycles. The largest absolute Gasteiger partial charge is 0.480 e. The Morgan fingerprint density at radius 2 is 1.97 bits per heavy atom. The molecule has 1 atom stereocenters. The van der Waals surface area contributed by atoms with Crippen LogP contribution in [0.1, 0.15) is 22.5 Å². The van der Waals surface area contributed by atoms with Crippen molar-refractivity contribution in [1.29, 1.82) is 0 Å². The Hall–Kier alpha value is -2.97. The Morgan fingerprint density at radius 1 is 1.19 bits per heavy atom. The van der Waals surface area contributed by atoms with Crippen molar-refractivity contribution in [3.8, 4) is 11.1 Å². The summed E-state index contributed by atoms with van der Waals surface area (Å²) >= 11 is 1.55. The molecule has 0 saturated heterocycles. The van der Waals surface area contributed by atoms with Gasteiger partial charge in [0.15, 0.2) is 0 Å². The normalized spacial score (nSPS) is 11.3. The van der Waals surface area contributed by atoms with Gasteiger partial charge in [-0.05, 0) is 47.8 Å². The first-order chi connectivity index (χ1) is 14.6. The van der Waals surface area contributed by atoms with E-state index in [1.807, 2.05) is 48.7 Å². The fourth-order valence-corrected chi connectivity index (χ4v) is 3.49. The molecule has 0 saturated carbocycles. The van der Waals surface area contributed by atoms with Gasteiger partial charge in [0.25, 0.3) is 5.91 Å². The molecule has 0 aliphatic carbocycles. The van der Waals surface area contributed by atoms with Crippen molar-refractivity contribution >= 4 is 41.7 Å². The van der Waals surface area contributed by atoms with E-state index in [-0.39, 0.29) is 12.4 Å². The molecule has 31 heavy (non-hydrogen) atoms. The number of hydrogen-bond acceptors (Lipinski definition) is 5. The Bertz CT molecular complexity index is 984. The van der Waals surface area contributed by atoms with Crippen LogP contribution in [0.2, 0.25) is 0 Å². The minimum Gasteiger partial charge on any atom is -0.480 e. The molecule has 1 heterocycles. The van der Waals surface area contributed by atoms with E-state index >= 15 is 0 Å². The van der Waals surface area contributed by atoms with Gasteiger partial charge in [0.2, 0.25) is 0 Å². The van der Waals surface area contributed by atoms with Crippen molar-refractivity contribution in [2.75, 3.05) is 17.3 Å². The first-order valence-electron chi connectivity index (χ1n) is 9.51. The van der Waals surface area contributed by atoms with Crippen LogP contribution >= 0.6 is 24.2 Å². The molecular formula is C22H25ClN4O3S. The minimum absolute atomic E-state index is 0. The second-order valence-corrected chi connectivity index (χ2v) is 7.69. The maximum atomic E-state index is 13.0. The zero-order chi connectivity index (χ0) is 21.3. The maximum absolute atomic E-state index is 13.0. The van der Waals surface area contributed by atoms with E-state index in [2.05, 4.69) is 20.6 Å². The number of halogens is 1. The molecular weight excluding hydrogens is 436 g/mol. The lowest BCUT2D eigenvalue weighted by atomic mass is 9.98. The van der Waals surface area contributed by atoms with Crippen molar-refractivity contribution in [2.45, 2.75) is 19.0 Å². The van der Waals surface area contributed by atoms with Crippen LogP contribution < -0.4 is 10.6 Å². The van der Waals surface area contributed by atoms with Crippen LogP contribution in [-0.4, -0.2) is 45.0 Å². The lowest BCUT2D eigenvalue weighted by Gasteiger charge is -2.17. The molecule has 0 radical (unpaired) electrons. The molecule has 4 N–H and O–H groups in total. The van der Waals surface area contributed by atoms with Crippen LogP contribution in [0.3, 0.4) is 0 Å². The maximum Gasteiger partial charge on any atom is 0.326 e. The Kier molecular flexibility index (Phi) is 9.42. The Labute approximate surface area is 191 Å². The summed E-state index contributed by atoms with van der Waals surface area (Å²) < 4.78 is 0. The first kappa shape index (κ1) is 24.3. The predicted octanol–water partition coefficient (Wildman–Crippen LogP) is 4.05. The number of carboxylic acid groups (broad SMARTS) is 1. The number of carbonyl (C=O) groups excluding carboxylic acids is 1. The fraction of sp³-hybridized carbons (Fsp3) is 0.227. The van der Waals surface area contributed by atoms with Crippen molar-refractivity contribution < 1.29 is 14.7 Å². The van der Waals surface area contributed by atoms with Crippen molar-refractivity contribution in [3.63, 3.8) is 0 Å². The molecule has 0 fully saturated rings. The second-order valence-electron chi connectivity index (χ2n) is 6.70. The highest BCUT2D eigenvalue weighted by Gasteiger charge is 2.22.